The summed E-state index contributed by atoms with van der Waals surface area (Å²) in [7, 11) is 1.75. The van der Waals surface area contributed by atoms with E-state index in [0.29, 0.717) is 6.54 Å². The van der Waals surface area contributed by atoms with Gasteiger partial charge in [0.2, 0.25) is 5.95 Å². The average molecular weight is 253 g/mol. The topological polar surface area (TPSA) is 67.9 Å². The average Bonchev–Trinajstić information content (AvgIpc) is 2.68. The Balaban J connectivity index is 2.23. The summed E-state index contributed by atoms with van der Waals surface area (Å²) in [6.07, 6.45) is 1.08. The van der Waals surface area contributed by atoms with Gasteiger partial charge in [-0.3, -0.25) is 0 Å². The van der Waals surface area contributed by atoms with E-state index in [1.807, 2.05) is 6.92 Å². The number of nitrogens with zero attached hydrogens (tertiary/aromatic N) is 4. The molecule has 2 N–H and O–H groups in total. The smallest absolute Gasteiger partial charge is 0.222 e. The summed E-state index contributed by atoms with van der Waals surface area (Å²) in [6.45, 7) is 2.47. The summed E-state index contributed by atoms with van der Waals surface area (Å²) in [4.78, 5) is 14.4. The number of hydrogen-bond donors (Lipinski definition) is 1. The fourth-order valence-corrected chi connectivity index (χ4v) is 2.24. The molecular weight excluding hydrogens is 241 g/mol. The number of aromatic nitrogens is 3. The van der Waals surface area contributed by atoms with Crippen molar-refractivity contribution in [1.29, 1.82) is 0 Å². The van der Waals surface area contributed by atoms with E-state index in [2.05, 4.69) is 15.0 Å². The first-order valence-corrected chi connectivity index (χ1v) is 5.84. The maximum absolute atomic E-state index is 13.5. The quantitative estimate of drug-likeness (QED) is 0.899. The van der Waals surface area contributed by atoms with Gasteiger partial charge in [-0.25, -0.2) is 14.4 Å². The van der Waals surface area contributed by atoms with Gasteiger partial charge in [0.1, 0.15) is 0 Å². The largest absolute Gasteiger partial charge is 0.368 e. The molecule has 90 valence electrons. The molecule has 0 aliphatic heterocycles. The molecule has 0 atom stereocenters. The van der Waals surface area contributed by atoms with Crippen molar-refractivity contribution in [2.24, 2.45) is 0 Å². The predicted molar refractivity (Wildman–Crippen MR) is 65.4 cm³/mol. The molecule has 2 rings (SSSR count). The third-order valence-electron chi connectivity index (χ3n) is 2.33. The van der Waals surface area contributed by atoms with Crippen molar-refractivity contribution in [3.8, 4) is 0 Å². The molecule has 2 aromatic rings. The van der Waals surface area contributed by atoms with Crippen molar-refractivity contribution in [3.05, 3.63) is 28.1 Å². The van der Waals surface area contributed by atoms with Crippen LogP contribution in [-0.4, -0.2) is 22.0 Å². The number of aryl methyl sites for hydroxylation is 1. The highest BCUT2D eigenvalue weighted by atomic mass is 32.1. The first-order chi connectivity index (χ1) is 8.08. The standard InChI is InChI=1S/C10H12FN5S/c1-6-8(17-5-14-6)4-16(2)9-7(11)3-13-10(12)15-9/h3,5H,4H2,1-2H3,(H2,12,13,15). The first-order valence-electron chi connectivity index (χ1n) is 4.96. The Hall–Kier alpha value is -1.76. The fourth-order valence-electron chi connectivity index (χ4n) is 1.41. The Morgan fingerprint density at radius 3 is 2.88 bits per heavy atom. The van der Waals surface area contributed by atoms with Crippen LogP contribution in [0.15, 0.2) is 11.7 Å². The first kappa shape index (κ1) is 11.7. The zero-order valence-electron chi connectivity index (χ0n) is 9.51. The van der Waals surface area contributed by atoms with Crippen LogP contribution in [0.4, 0.5) is 16.2 Å². The summed E-state index contributed by atoms with van der Waals surface area (Å²) in [5, 5.41) is 0. The van der Waals surface area contributed by atoms with Gasteiger partial charge in [0.05, 0.1) is 23.9 Å². The lowest BCUT2D eigenvalue weighted by Crippen LogP contribution is -2.20. The maximum Gasteiger partial charge on any atom is 0.222 e. The van der Waals surface area contributed by atoms with Crippen molar-refractivity contribution >= 4 is 23.1 Å². The summed E-state index contributed by atoms with van der Waals surface area (Å²) in [6, 6.07) is 0. The van der Waals surface area contributed by atoms with Crippen LogP contribution in [0.1, 0.15) is 10.6 Å². The van der Waals surface area contributed by atoms with Crippen LogP contribution >= 0.6 is 11.3 Å². The van der Waals surface area contributed by atoms with E-state index in [4.69, 9.17) is 5.73 Å². The number of anilines is 2. The van der Waals surface area contributed by atoms with Crippen LogP contribution in [-0.2, 0) is 6.54 Å². The molecule has 17 heavy (non-hydrogen) atoms. The minimum atomic E-state index is -0.483. The molecular formula is C10H12FN5S. The van der Waals surface area contributed by atoms with Gasteiger partial charge in [-0.15, -0.1) is 11.3 Å². The van der Waals surface area contributed by atoms with Crippen LogP contribution in [0.3, 0.4) is 0 Å². The molecule has 0 saturated heterocycles. The number of nitrogen functional groups attached to an aromatic ring is 1. The number of nitrogens with two attached hydrogens (primary N) is 1. The van der Waals surface area contributed by atoms with Gasteiger partial charge < -0.3 is 10.6 Å². The molecule has 0 aliphatic rings. The minimum Gasteiger partial charge on any atom is -0.368 e. The lowest BCUT2D eigenvalue weighted by atomic mass is 10.3. The third-order valence-corrected chi connectivity index (χ3v) is 3.25. The van der Waals surface area contributed by atoms with Crippen molar-refractivity contribution in [1.82, 2.24) is 15.0 Å². The van der Waals surface area contributed by atoms with Crippen molar-refractivity contribution in [2.75, 3.05) is 17.7 Å². The fraction of sp³-hybridized carbons (Fsp3) is 0.300. The zero-order chi connectivity index (χ0) is 12.4. The van der Waals surface area contributed by atoms with Gasteiger partial charge in [0, 0.05) is 11.9 Å². The second-order valence-corrected chi connectivity index (χ2v) is 4.56. The van der Waals surface area contributed by atoms with Crippen molar-refractivity contribution < 1.29 is 4.39 Å². The molecule has 0 fully saturated rings. The maximum atomic E-state index is 13.5. The molecule has 2 heterocycles. The highest BCUT2D eigenvalue weighted by Gasteiger charge is 2.13. The lowest BCUT2D eigenvalue weighted by molar-refractivity contribution is 0.608. The van der Waals surface area contributed by atoms with E-state index in [0.717, 1.165) is 16.8 Å². The normalized spacial score (nSPS) is 10.5. The number of hydrogen-bond acceptors (Lipinski definition) is 6. The molecule has 0 bridgehead atoms. The van der Waals surface area contributed by atoms with Crippen LogP contribution in [0, 0.1) is 12.7 Å². The number of halogens is 1. The molecule has 0 unspecified atom stereocenters. The van der Waals surface area contributed by atoms with Gasteiger partial charge >= 0.3 is 0 Å². The van der Waals surface area contributed by atoms with E-state index < -0.39 is 5.82 Å². The Kier molecular flexibility index (Phi) is 3.19. The molecule has 2 aromatic heterocycles. The Bertz CT molecular complexity index is 527. The SMILES string of the molecule is Cc1ncsc1CN(C)c1nc(N)ncc1F. The highest BCUT2D eigenvalue weighted by molar-refractivity contribution is 7.09. The Labute approximate surface area is 102 Å². The van der Waals surface area contributed by atoms with Crippen molar-refractivity contribution in [3.63, 3.8) is 0 Å². The molecule has 0 saturated carbocycles. The Morgan fingerprint density at radius 2 is 2.24 bits per heavy atom. The molecule has 5 nitrogen and oxygen atoms in total. The van der Waals surface area contributed by atoms with E-state index in [1.165, 1.54) is 11.3 Å². The van der Waals surface area contributed by atoms with E-state index in [9.17, 15) is 4.39 Å². The Morgan fingerprint density at radius 1 is 1.47 bits per heavy atom. The van der Waals surface area contributed by atoms with Gasteiger partial charge in [-0.2, -0.15) is 4.98 Å². The van der Waals surface area contributed by atoms with Crippen LogP contribution in [0.2, 0.25) is 0 Å². The zero-order valence-corrected chi connectivity index (χ0v) is 10.3. The lowest BCUT2D eigenvalue weighted by Gasteiger charge is -2.17. The molecule has 0 aromatic carbocycles. The summed E-state index contributed by atoms with van der Waals surface area (Å²) in [5.41, 5.74) is 8.16. The van der Waals surface area contributed by atoms with Crippen LogP contribution in [0.5, 0.6) is 0 Å². The van der Waals surface area contributed by atoms with E-state index in [1.54, 1.807) is 17.5 Å². The second-order valence-electron chi connectivity index (χ2n) is 3.62. The molecule has 0 spiro atoms. The molecule has 0 aliphatic carbocycles. The summed E-state index contributed by atoms with van der Waals surface area (Å²) >= 11 is 1.53. The number of thiazole rings is 1. The van der Waals surface area contributed by atoms with Crippen LogP contribution < -0.4 is 10.6 Å². The predicted octanol–water partition coefficient (Wildman–Crippen LogP) is 1.60. The van der Waals surface area contributed by atoms with Crippen LogP contribution in [0.25, 0.3) is 0 Å². The van der Waals surface area contributed by atoms with Gasteiger partial charge in [-0.05, 0) is 6.92 Å². The second kappa shape index (κ2) is 4.62. The van der Waals surface area contributed by atoms with Gasteiger partial charge in [-0.1, -0.05) is 0 Å². The van der Waals surface area contributed by atoms with E-state index >= 15 is 0 Å². The number of rotatable bonds is 3. The minimum absolute atomic E-state index is 0.0641. The summed E-state index contributed by atoms with van der Waals surface area (Å²) < 4.78 is 13.5. The third kappa shape index (κ3) is 2.50. The molecule has 7 heteroatoms. The monoisotopic (exact) mass is 253 g/mol. The van der Waals surface area contributed by atoms with E-state index in [-0.39, 0.29) is 11.8 Å². The highest BCUT2D eigenvalue weighted by Crippen LogP contribution is 2.20. The molecule has 0 radical (unpaired) electrons. The van der Waals surface area contributed by atoms with Crippen molar-refractivity contribution in [2.45, 2.75) is 13.5 Å². The van der Waals surface area contributed by atoms with Gasteiger partial charge in [0.25, 0.3) is 0 Å². The van der Waals surface area contributed by atoms with Gasteiger partial charge in [0.15, 0.2) is 11.6 Å². The molecule has 0 amide bonds. The summed E-state index contributed by atoms with van der Waals surface area (Å²) in [5.74, 6) is -0.219.